The van der Waals surface area contributed by atoms with Gasteiger partial charge in [-0.2, -0.15) is 0 Å². The second kappa shape index (κ2) is 6.13. The van der Waals surface area contributed by atoms with Gasteiger partial charge in [0.25, 0.3) is 5.91 Å². The van der Waals surface area contributed by atoms with Gasteiger partial charge in [0.15, 0.2) is 0 Å². The monoisotopic (exact) mass is 355 g/mol. The molecule has 2 fully saturated rings. The zero-order valence-electron chi connectivity index (χ0n) is 12.8. The number of hydrogen-bond donors (Lipinski definition) is 2. The highest BCUT2D eigenvalue weighted by Gasteiger charge is 2.47. The smallest absolute Gasteiger partial charge is 0.263 e. The first kappa shape index (κ1) is 16.3. The van der Waals surface area contributed by atoms with Crippen LogP contribution in [0, 0.1) is 5.92 Å². The van der Waals surface area contributed by atoms with Crippen LogP contribution in [0.1, 0.15) is 29.9 Å². The van der Waals surface area contributed by atoms with Crippen LogP contribution in [0.3, 0.4) is 0 Å². The van der Waals surface area contributed by atoms with Gasteiger partial charge in [0.2, 0.25) is 11.8 Å². The van der Waals surface area contributed by atoms with Crippen molar-refractivity contribution >= 4 is 40.7 Å². The summed E-state index contributed by atoms with van der Waals surface area (Å²) in [6.07, 6.45) is 0.428. The lowest BCUT2D eigenvalue weighted by molar-refractivity contribution is -0.148. The standard InChI is InChI=1S/C15H18ClN3O3S/c1-7(2)11-15(22)19-6-8(5-10(19)13(20)18-11)17-14(21)12-9(16)3-4-23-12/h3-4,7-8,10-11H,5-6H2,1-2H3,(H,17,21)(H,18,20)/t8-,10-,11+/m0/s1. The second-order valence-electron chi connectivity index (χ2n) is 6.24. The van der Waals surface area contributed by atoms with E-state index in [0.717, 1.165) is 0 Å². The first-order chi connectivity index (χ1) is 10.9. The molecule has 23 heavy (non-hydrogen) atoms. The molecule has 3 amide bonds. The van der Waals surface area contributed by atoms with Gasteiger partial charge in [0.1, 0.15) is 17.0 Å². The average molecular weight is 356 g/mol. The third-order valence-corrected chi connectivity index (χ3v) is 5.62. The Morgan fingerprint density at radius 3 is 2.83 bits per heavy atom. The quantitative estimate of drug-likeness (QED) is 0.856. The molecule has 0 aliphatic carbocycles. The Balaban J connectivity index is 1.70. The van der Waals surface area contributed by atoms with Crippen molar-refractivity contribution in [2.24, 2.45) is 5.92 Å². The molecule has 1 aromatic heterocycles. The molecule has 124 valence electrons. The van der Waals surface area contributed by atoms with Gasteiger partial charge in [0, 0.05) is 12.6 Å². The van der Waals surface area contributed by atoms with Gasteiger partial charge in [-0.05, 0) is 23.8 Å². The molecule has 2 N–H and O–H groups in total. The summed E-state index contributed by atoms with van der Waals surface area (Å²) in [7, 11) is 0. The molecule has 0 radical (unpaired) electrons. The number of nitrogens with one attached hydrogen (secondary N) is 2. The number of nitrogens with zero attached hydrogens (tertiary/aromatic N) is 1. The molecule has 0 bridgehead atoms. The number of rotatable bonds is 3. The topological polar surface area (TPSA) is 78.5 Å². The van der Waals surface area contributed by atoms with E-state index in [4.69, 9.17) is 11.6 Å². The third kappa shape index (κ3) is 2.95. The van der Waals surface area contributed by atoms with Crippen LogP contribution >= 0.6 is 22.9 Å². The number of thiophene rings is 1. The lowest BCUT2D eigenvalue weighted by Crippen LogP contribution is -2.62. The molecule has 0 aromatic carbocycles. The van der Waals surface area contributed by atoms with E-state index in [2.05, 4.69) is 10.6 Å². The summed E-state index contributed by atoms with van der Waals surface area (Å²) in [4.78, 5) is 39.0. The molecule has 6 nitrogen and oxygen atoms in total. The summed E-state index contributed by atoms with van der Waals surface area (Å²) in [6.45, 7) is 4.16. The minimum atomic E-state index is -0.499. The Kier molecular flexibility index (Phi) is 4.33. The van der Waals surface area contributed by atoms with Crippen LogP contribution in [0.4, 0.5) is 0 Å². The minimum Gasteiger partial charge on any atom is -0.347 e. The molecule has 2 saturated heterocycles. The molecule has 2 aliphatic heterocycles. The van der Waals surface area contributed by atoms with Gasteiger partial charge >= 0.3 is 0 Å². The van der Waals surface area contributed by atoms with Crippen molar-refractivity contribution in [1.82, 2.24) is 15.5 Å². The molecule has 0 saturated carbocycles. The summed E-state index contributed by atoms with van der Waals surface area (Å²) in [5, 5.41) is 7.83. The Bertz CT molecular complexity index is 660. The largest absolute Gasteiger partial charge is 0.347 e. The van der Waals surface area contributed by atoms with Crippen LogP contribution in [0.5, 0.6) is 0 Å². The Hall–Kier alpha value is -1.60. The van der Waals surface area contributed by atoms with E-state index in [-0.39, 0.29) is 29.7 Å². The Labute approximate surface area is 143 Å². The third-order valence-electron chi connectivity index (χ3n) is 4.28. The van der Waals surface area contributed by atoms with Crippen molar-refractivity contribution < 1.29 is 14.4 Å². The fourth-order valence-electron chi connectivity index (χ4n) is 3.08. The molecular weight excluding hydrogens is 338 g/mol. The zero-order chi connectivity index (χ0) is 16.7. The SMILES string of the molecule is CC(C)[C@H]1NC(=O)[C@@H]2C[C@H](NC(=O)c3sccc3Cl)CN2C1=O. The van der Waals surface area contributed by atoms with Crippen LogP contribution in [0.25, 0.3) is 0 Å². The summed E-state index contributed by atoms with van der Waals surface area (Å²) < 4.78 is 0. The van der Waals surface area contributed by atoms with Gasteiger partial charge in [-0.25, -0.2) is 0 Å². The van der Waals surface area contributed by atoms with Crippen molar-refractivity contribution in [2.45, 2.75) is 38.4 Å². The molecule has 2 aliphatic rings. The molecule has 3 heterocycles. The minimum absolute atomic E-state index is 0.0333. The van der Waals surface area contributed by atoms with Gasteiger partial charge in [-0.3, -0.25) is 14.4 Å². The number of amides is 3. The van der Waals surface area contributed by atoms with Crippen LogP contribution in [-0.4, -0.2) is 47.3 Å². The highest BCUT2D eigenvalue weighted by atomic mass is 35.5. The van der Waals surface area contributed by atoms with Gasteiger partial charge in [-0.15, -0.1) is 11.3 Å². The summed E-state index contributed by atoms with van der Waals surface area (Å²) >= 11 is 7.23. The van der Waals surface area contributed by atoms with Gasteiger partial charge < -0.3 is 15.5 Å². The van der Waals surface area contributed by atoms with E-state index >= 15 is 0 Å². The number of halogens is 1. The molecule has 8 heteroatoms. The van der Waals surface area contributed by atoms with E-state index < -0.39 is 12.1 Å². The van der Waals surface area contributed by atoms with Crippen molar-refractivity contribution in [3.63, 3.8) is 0 Å². The first-order valence-electron chi connectivity index (χ1n) is 7.53. The van der Waals surface area contributed by atoms with E-state index in [0.29, 0.717) is 22.9 Å². The number of fused-ring (bicyclic) bond motifs is 1. The first-order valence-corrected chi connectivity index (χ1v) is 8.79. The van der Waals surface area contributed by atoms with E-state index in [1.165, 1.54) is 11.3 Å². The predicted molar refractivity (Wildman–Crippen MR) is 87.5 cm³/mol. The number of carbonyl (C=O) groups excluding carboxylic acids is 3. The maximum atomic E-state index is 12.5. The molecule has 3 atom stereocenters. The van der Waals surface area contributed by atoms with E-state index in [9.17, 15) is 14.4 Å². The zero-order valence-corrected chi connectivity index (χ0v) is 14.4. The average Bonchev–Trinajstić information content (AvgIpc) is 3.09. The number of hydrogen-bond acceptors (Lipinski definition) is 4. The van der Waals surface area contributed by atoms with E-state index in [1.54, 1.807) is 16.3 Å². The van der Waals surface area contributed by atoms with Crippen LogP contribution in [-0.2, 0) is 9.59 Å². The fraction of sp³-hybridized carbons (Fsp3) is 0.533. The molecular formula is C15H18ClN3O3S. The van der Waals surface area contributed by atoms with E-state index in [1.807, 2.05) is 13.8 Å². The van der Waals surface area contributed by atoms with Crippen LogP contribution in [0.15, 0.2) is 11.4 Å². The van der Waals surface area contributed by atoms with Gasteiger partial charge in [-0.1, -0.05) is 25.4 Å². The molecule has 0 unspecified atom stereocenters. The normalized spacial score (nSPS) is 27.1. The van der Waals surface area contributed by atoms with Crippen molar-refractivity contribution in [1.29, 1.82) is 0 Å². The molecule has 0 spiro atoms. The second-order valence-corrected chi connectivity index (χ2v) is 7.56. The molecule has 3 rings (SSSR count). The van der Waals surface area contributed by atoms with Crippen LogP contribution < -0.4 is 10.6 Å². The van der Waals surface area contributed by atoms with Gasteiger partial charge in [0.05, 0.1) is 5.02 Å². The highest BCUT2D eigenvalue weighted by Crippen LogP contribution is 2.26. The number of piperazine rings is 1. The number of carbonyl (C=O) groups is 3. The predicted octanol–water partition coefficient (Wildman–Crippen LogP) is 1.26. The molecule has 1 aromatic rings. The Morgan fingerprint density at radius 1 is 1.48 bits per heavy atom. The maximum absolute atomic E-state index is 12.5. The maximum Gasteiger partial charge on any atom is 0.263 e. The Morgan fingerprint density at radius 2 is 2.22 bits per heavy atom. The lowest BCUT2D eigenvalue weighted by Gasteiger charge is -2.36. The highest BCUT2D eigenvalue weighted by molar-refractivity contribution is 7.12. The summed E-state index contributed by atoms with van der Waals surface area (Å²) in [6, 6.07) is 0.441. The fourth-order valence-corrected chi connectivity index (χ4v) is 4.12. The van der Waals surface area contributed by atoms with Crippen molar-refractivity contribution in [3.8, 4) is 0 Å². The lowest BCUT2D eigenvalue weighted by atomic mass is 9.98. The van der Waals surface area contributed by atoms with Crippen molar-refractivity contribution in [3.05, 3.63) is 21.3 Å². The van der Waals surface area contributed by atoms with Crippen molar-refractivity contribution in [2.75, 3.05) is 6.54 Å². The summed E-state index contributed by atoms with van der Waals surface area (Å²) in [5.41, 5.74) is 0. The summed E-state index contributed by atoms with van der Waals surface area (Å²) in [5.74, 6) is -0.446. The van der Waals surface area contributed by atoms with Crippen LogP contribution in [0.2, 0.25) is 5.02 Å².